The highest BCUT2D eigenvalue weighted by Gasteiger charge is 2.37. The Hall–Kier alpha value is -1.70. The zero-order chi connectivity index (χ0) is 19.9. The number of carbonyl (C=O) groups is 1. The number of anilines is 1. The van der Waals surface area contributed by atoms with Crippen molar-refractivity contribution in [3.63, 3.8) is 0 Å². The van der Waals surface area contributed by atoms with E-state index in [4.69, 9.17) is 15.5 Å². The van der Waals surface area contributed by atoms with Gasteiger partial charge in [-0.3, -0.25) is 9.69 Å². The van der Waals surface area contributed by atoms with Gasteiger partial charge in [0.1, 0.15) is 9.71 Å². The average molecular weight is 403 g/mol. The average Bonchev–Trinajstić information content (AvgIpc) is 3.04. The minimum Gasteiger partial charge on any atom is -0.397 e. The standard InChI is InChI=1S/C21H30N4O2S/c1-21(9-4-10-25(13-21)14-7-11-27-12-8-14)16-6-5-15-17(22)18(20(26)24(2)3)28-19(15)23-16/h5-6,14H,4,7-13,22H2,1-3H3. The number of aromatic nitrogens is 1. The van der Waals surface area contributed by atoms with Gasteiger partial charge in [0.25, 0.3) is 5.91 Å². The molecule has 0 aliphatic carbocycles. The Labute approximate surface area is 170 Å². The van der Waals surface area contributed by atoms with Gasteiger partial charge in [0.15, 0.2) is 0 Å². The molecular formula is C21H30N4O2S. The molecule has 28 heavy (non-hydrogen) atoms. The zero-order valence-electron chi connectivity index (χ0n) is 17.0. The summed E-state index contributed by atoms with van der Waals surface area (Å²) in [7, 11) is 3.50. The molecule has 6 nitrogen and oxygen atoms in total. The van der Waals surface area contributed by atoms with E-state index in [9.17, 15) is 4.79 Å². The van der Waals surface area contributed by atoms with E-state index in [0.29, 0.717) is 16.6 Å². The van der Waals surface area contributed by atoms with Crippen molar-refractivity contribution in [1.82, 2.24) is 14.8 Å². The number of nitrogens with zero attached hydrogens (tertiary/aromatic N) is 3. The van der Waals surface area contributed by atoms with E-state index in [1.165, 1.54) is 17.8 Å². The van der Waals surface area contributed by atoms with Crippen LogP contribution in [0.5, 0.6) is 0 Å². The van der Waals surface area contributed by atoms with Gasteiger partial charge in [-0.25, -0.2) is 4.98 Å². The highest BCUT2D eigenvalue weighted by molar-refractivity contribution is 7.21. The zero-order valence-corrected chi connectivity index (χ0v) is 17.8. The number of rotatable bonds is 3. The van der Waals surface area contributed by atoms with E-state index in [2.05, 4.69) is 24.0 Å². The van der Waals surface area contributed by atoms with Gasteiger partial charge in [0.05, 0.1) is 5.69 Å². The molecule has 7 heteroatoms. The molecule has 2 aromatic heterocycles. The lowest BCUT2D eigenvalue weighted by Crippen LogP contribution is -2.50. The Morgan fingerprint density at radius 3 is 2.82 bits per heavy atom. The van der Waals surface area contributed by atoms with Crippen LogP contribution < -0.4 is 5.73 Å². The number of nitrogens with two attached hydrogens (primary N) is 1. The number of nitrogen functional groups attached to an aromatic ring is 1. The quantitative estimate of drug-likeness (QED) is 0.854. The van der Waals surface area contributed by atoms with Gasteiger partial charge < -0.3 is 15.4 Å². The highest BCUT2D eigenvalue weighted by Crippen LogP contribution is 2.38. The maximum atomic E-state index is 12.4. The molecule has 1 atom stereocenters. The van der Waals surface area contributed by atoms with Crippen LogP contribution in [0.3, 0.4) is 0 Å². The molecule has 0 aromatic carbocycles. The highest BCUT2D eigenvalue weighted by atomic mass is 32.1. The SMILES string of the molecule is CN(C)C(=O)c1sc2nc(C3(C)CCCN(C4CCOCC4)C3)ccc2c1N. The van der Waals surface area contributed by atoms with E-state index in [0.717, 1.165) is 61.5 Å². The largest absolute Gasteiger partial charge is 0.397 e. The van der Waals surface area contributed by atoms with Gasteiger partial charge >= 0.3 is 0 Å². The molecule has 1 unspecified atom stereocenters. The summed E-state index contributed by atoms with van der Waals surface area (Å²) in [5.41, 5.74) is 7.95. The van der Waals surface area contributed by atoms with Crippen LogP contribution in [0.4, 0.5) is 5.69 Å². The fourth-order valence-electron chi connectivity index (χ4n) is 4.54. The molecule has 2 aromatic rings. The van der Waals surface area contributed by atoms with Crippen molar-refractivity contribution in [2.24, 2.45) is 0 Å². The lowest BCUT2D eigenvalue weighted by molar-refractivity contribution is 0.0136. The summed E-state index contributed by atoms with van der Waals surface area (Å²) in [5.74, 6) is -0.0587. The number of piperidine rings is 1. The normalized spacial score (nSPS) is 24.5. The van der Waals surface area contributed by atoms with Crippen LogP contribution in [-0.4, -0.2) is 67.1 Å². The molecule has 4 rings (SSSR count). The summed E-state index contributed by atoms with van der Waals surface area (Å²) in [6.45, 7) is 6.27. The molecule has 2 saturated heterocycles. The van der Waals surface area contributed by atoms with Crippen molar-refractivity contribution in [1.29, 1.82) is 0 Å². The van der Waals surface area contributed by atoms with Crippen LogP contribution in [-0.2, 0) is 10.2 Å². The van der Waals surface area contributed by atoms with Crippen LogP contribution in [0.15, 0.2) is 12.1 Å². The molecule has 0 radical (unpaired) electrons. The molecule has 2 aliphatic rings. The second-order valence-electron chi connectivity index (χ2n) is 8.57. The van der Waals surface area contributed by atoms with Crippen LogP contribution >= 0.6 is 11.3 Å². The van der Waals surface area contributed by atoms with Gasteiger partial charge in [0.2, 0.25) is 0 Å². The maximum Gasteiger partial charge on any atom is 0.265 e. The molecule has 0 saturated carbocycles. The van der Waals surface area contributed by atoms with Gasteiger partial charge in [-0.05, 0) is 44.4 Å². The predicted octanol–water partition coefficient (Wildman–Crippen LogP) is 3.11. The Bertz CT molecular complexity index is 875. The van der Waals surface area contributed by atoms with Crippen LogP contribution in [0.25, 0.3) is 10.2 Å². The van der Waals surface area contributed by atoms with Crippen LogP contribution in [0.1, 0.15) is 48.0 Å². The number of hydrogen-bond acceptors (Lipinski definition) is 6. The molecule has 4 heterocycles. The van der Waals surface area contributed by atoms with Gasteiger partial charge in [0, 0.05) is 56.4 Å². The molecular weight excluding hydrogens is 372 g/mol. The lowest BCUT2D eigenvalue weighted by atomic mass is 9.78. The van der Waals surface area contributed by atoms with Gasteiger partial charge in [-0.2, -0.15) is 0 Å². The maximum absolute atomic E-state index is 12.4. The van der Waals surface area contributed by atoms with E-state index in [1.807, 2.05) is 0 Å². The number of thiophene rings is 1. The van der Waals surface area contributed by atoms with Crippen molar-refractivity contribution in [3.05, 3.63) is 22.7 Å². The number of likely N-dealkylation sites (tertiary alicyclic amines) is 1. The summed E-state index contributed by atoms with van der Waals surface area (Å²) in [5, 5.41) is 0.889. The van der Waals surface area contributed by atoms with Gasteiger partial charge in [-0.15, -0.1) is 11.3 Å². The molecule has 152 valence electrons. The Balaban J connectivity index is 1.63. The number of ether oxygens (including phenoxy) is 1. The molecule has 1 amide bonds. The second-order valence-corrected chi connectivity index (χ2v) is 9.57. The first-order chi connectivity index (χ1) is 13.4. The first-order valence-corrected chi connectivity index (χ1v) is 10.9. The smallest absolute Gasteiger partial charge is 0.265 e. The lowest BCUT2D eigenvalue weighted by Gasteiger charge is -2.44. The summed E-state index contributed by atoms with van der Waals surface area (Å²) in [6.07, 6.45) is 4.57. The summed E-state index contributed by atoms with van der Waals surface area (Å²) < 4.78 is 5.54. The predicted molar refractivity (Wildman–Crippen MR) is 114 cm³/mol. The Morgan fingerprint density at radius 1 is 1.36 bits per heavy atom. The topological polar surface area (TPSA) is 71.7 Å². The molecule has 2 N–H and O–H groups in total. The monoisotopic (exact) mass is 402 g/mol. The van der Waals surface area contributed by atoms with E-state index in [-0.39, 0.29) is 11.3 Å². The third kappa shape index (κ3) is 3.51. The molecule has 2 aliphatic heterocycles. The van der Waals surface area contributed by atoms with Crippen LogP contribution in [0, 0.1) is 0 Å². The fourth-order valence-corrected chi connectivity index (χ4v) is 5.66. The van der Waals surface area contributed by atoms with Crippen molar-refractivity contribution >= 4 is 33.1 Å². The minimum atomic E-state index is -0.0587. The molecule has 0 bridgehead atoms. The van der Waals surface area contributed by atoms with E-state index >= 15 is 0 Å². The number of hydrogen-bond donors (Lipinski definition) is 1. The first kappa shape index (κ1) is 19.6. The van der Waals surface area contributed by atoms with E-state index in [1.54, 1.807) is 19.0 Å². The number of amides is 1. The number of pyridine rings is 1. The molecule has 0 spiro atoms. The van der Waals surface area contributed by atoms with Crippen LogP contribution in [0.2, 0.25) is 0 Å². The third-order valence-electron chi connectivity index (χ3n) is 6.25. The first-order valence-electron chi connectivity index (χ1n) is 10.1. The van der Waals surface area contributed by atoms with Crippen molar-refractivity contribution in [2.45, 2.75) is 44.1 Å². The van der Waals surface area contributed by atoms with Crippen molar-refractivity contribution in [2.75, 3.05) is 46.1 Å². The Kier molecular flexibility index (Phi) is 5.33. The van der Waals surface area contributed by atoms with E-state index < -0.39 is 0 Å². The second kappa shape index (κ2) is 7.61. The van der Waals surface area contributed by atoms with Gasteiger partial charge in [-0.1, -0.05) is 6.92 Å². The number of fused-ring (bicyclic) bond motifs is 1. The summed E-state index contributed by atoms with van der Waals surface area (Å²) in [4.78, 5) is 23.1. The Morgan fingerprint density at radius 2 is 2.11 bits per heavy atom. The minimum absolute atomic E-state index is 0.0230. The van der Waals surface area contributed by atoms with Crippen molar-refractivity contribution in [3.8, 4) is 0 Å². The number of carbonyl (C=O) groups excluding carboxylic acids is 1. The molecule has 2 fully saturated rings. The summed E-state index contributed by atoms with van der Waals surface area (Å²) >= 11 is 1.41. The van der Waals surface area contributed by atoms with Crippen molar-refractivity contribution < 1.29 is 9.53 Å². The summed E-state index contributed by atoms with van der Waals surface area (Å²) in [6, 6.07) is 4.79. The fraction of sp³-hybridized carbons (Fsp3) is 0.619. The third-order valence-corrected chi connectivity index (χ3v) is 7.35.